The maximum absolute atomic E-state index is 9.30. The SMILES string of the molecule is COc1ccc(CC(C)N[C@H](CCO)c2ccccc2)cc1. The lowest BCUT2D eigenvalue weighted by Gasteiger charge is -2.23. The normalized spacial score (nSPS) is 13.6. The molecule has 0 aromatic heterocycles. The summed E-state index contributed by atoms with van der Waals surface area (Å²) in [4.78, 5) is 0. The number of hydrogen-bond acceptors (Lipinski definition) is 3. The molecule has 0 fully saturated rings. The average Bonchev–Trinajstić information content (AvgIpc) is 2.56. The highest BCUT2D eigenvalue weighted by molar-refractivity contribution is 5.27. The van der Waals surface area contributed by atoms with Crippen LogP contribution >= 0.6 is 0 Å². The first-order valence-corrected chi connectivity index (χ1v) is 7.77. The Kier molecular flexibility index (Phi) is 6.44. The van der Waals surface area contributed by atoms with Gasteiger partial charge in [-0.2, -0.15) is 0 Å². The average molecular weight is 299 g/mol. The first kappa shape index (κ1) is 16.5. The van der Waals surface area contributed by atoms with Crippen molar-refractivity contribution in [2.24, 2.45) is 0 Å². The van der Waals surface area contributed by atoms with E-state index in [0.717, 1.165) is 18.6 Å². The molecule has 0 saturated heterocycles. The van der Waals surface area contributed by atoms with Gasteiger partial charge in [0.2, 0.25) is 0 Å². The third-order valence-corrected chi connectivity index (χ3v) is 3.81. The number of methoxy groups -OCH3 is 1. The second kappa shape index (κ2) is 8.57. The van der Waals surface area contributed by atoms with Crippen molar-refractivity contribution in [3.63, 3.8) is 0 Å². The molecule has 2 aromatic rings. The van der Waals surface area contributed by atoms with E-state index in [0.29, 0.717) is 6.04 Å². The van der Waals surface area contributed by atoms with E-state index in [-0.39, 0.29) is 12.6 Å². The Balaban J connectivity index is 1.97. The van der Waals surface area contributed by atoms with Gasteiger partial charge >= 0.3 is 0 Å². The van der Waals surface area contributed by atoms with Crippen LogP contribution in [-0.4, -0.2) is 24.9 Å². The summed E-state index contributed by atoms with van der Waals surface area (Å²) in [6.07, 6.45) is 1.66. The van der Waals surface area contributed by atoms with Gasteiger partial charge in [0.05, 0.1) is 7.11 Å². The predicted molar refractivity (Wildman–Crippen MR) is 90.2 cm³/mol. The summed E-state index contributed by atoms with van der Waals surface area (Å²) in [5.74, 6) is 0.881. The molecule has 0 bridgehead atoms. The zero-order chi connectivity index (χ0) is 15.8. The third-order valence-electron chi connectivity index (χ3n) is 3.81. The predicted octanol–water partition coefficient (Wildman–Crippen LogP) is 3.34. The van der Waals surface area contributed by atoms with Crippen LogP contribution in [0.1, 0.15) is 30.5 Å². The topological polar surface area (TPSA) is 41.5 Å². The van der Waals surface area contributed by atoms with Crippen molar-refractivity contribution >= 4 is 0 Å². The van der Waals surface area contributed by atoms with Crippen LogP contribution in [-0.2, 0) is 6.42 Å². The molecule has 0 aliphatic carbocycles. The largest absolute Gasteiger partial charge is 0.497 e. The lowest BCUT2D eigenvalue weighted by molar-refractivity contribution is 0.260. The lowest BCUT2D eigenvalue weighted by atomic mass is 10.0. The van der Waals surface area contributed by atoms with Crippen LogP contribution in [0, 0.1) is 0 Å². The van der Waals surface area contributed by atoms with Crippen molar-refractivity contribution in [1.29, 1.82) is 0 Å². The summed E-state index contributed by atoms with van der Waals surface area (Å²) in [7, 11) is 1.68. The molecule has 0 spiro atoms. The van der Waals surface area contributed by atoms with Crippen molar-refractivity contribution in [3.05, 3.63) is 65.7 Å². The molecule has 2 atom stereocenters. The molecule has 2 aromatic carbocycles. The second-order valence-electron chi connectivity index (χ2n) is 5.60. The number of ether oxygens (including phenoxy) is 1. The van der Waals surface area contributed by atoms with E-state index in [4.69, 9.17) is 4.74 Å². The molecular weight excluding hydrogens is 274 g/mol. The highest BCUT2D eigenvalue weighted by atomic mass is 16.5. The van der Waals surface area contributed by atoms with Crippen LogP contribution in [0.25, 0.3) is 0 Å². The highest BCUT2D eigenvalue weighted by Gasteiger charge is 2.14. The minimum Gasteiger partial charge on any atom is -0.497 e. The maximum Gasteiger partial charge on any atom is 0.118 e. The van der Waals surface area contributed by atoms with E-state index in [1.165, 1.54) is 11.1 Å². The molecular formula is C19H25NO2. The minimum atomic E-state index is 0.180. The quantitative estimate of drug-likeness (QED) is 0.785. The number of aliphatic hydroxyl groups excluding tert-OH is 1. The fourth-order valence-electron chi connectivity index (χ4n) is 2.68. The van der Waals surface area contributed by atoms with E-state index in [2.05, 4.69) is 36.5 Å². The van der Waals surface area contributed by atoms with Crippen molar-refractivity contribution in [2.75, 3.05) is 13.7 Å². The zero-order valence-corrected chi connectivity index (χ0v) is 13.3. The van der Waals surface area contributed by atoms with Gasteiger partial charge in [-0.05, 0) is 43.0 Å². The monoisotopic (exact) mass is 299 g/mol. The summed E-state index contributed by atoms with van der Waals surface area (Å²) < 4.78 is 5.19. The summed E-state index contributed by atoms with van der Waals surface area (Å²) >= 11 is 0. The number of benzene rings is 2. The van der Waals surface area contributed by atoms with Gasteiger partial charge in [0, 0.05) is 18.7 Å². The summed E-state index contributed by atoms with van der Waals surface area (Å²) in [6.45, 7) is 2.36. The molecule has 2 N–H and O–H groups in total. The smallest absolute Gasteiger partial charge is 0.118 e. The van der Waals surface area contributed by atoms with Gasteiger partial charge in [-0.1, -0.05) is 42.5 Å². The summed E-state index contributed by atoms with van der Waals surface area (Å²) in [5, 5.41) is 12.9. The van der Waals surface area contributed by atoms with E-state index in [1.807, 2.05) is 30.3 Å². The highest BCUT2D eigenvalue weighted by Crippen LogP contribution is 2.18. The van der Waals surface area contributed by atoms with Gasteiger partial charge in [-0.3, -0.25) is 0 Å². The Labute approximate surface area is 133 Å². The molecule has 22 heavy (non-hydrogen) atoms. The van der Waals surface area contributed by atoms with E-state index in [1.54, 1.807) is 7.11 Å². The molecule has 2 rings (SSSR count). The van der Waals surface area contributed by atoms with Gasteiger partial charge < -0.3 is 15.2 Å². The lowest BCUT2D eigenvalue weighted by Crippen LogP contribution is -2.32. The van der Waals surface area contributed by atoms with Gasteiger partial charge in [0.1, 0.15) is 5.75 Å². The number of rotatable bonds is 8. The molecule has 0 amide bonds. The molecule has 1 unspecified atom stereocenters. The molecule has 3 heteroatoms. The van der Waals surface area contributed by atoms with Crippen molar-refractivity contribution in [1.82, 2.24) is 5.32 Å². The van der Waals surface area contributed by atoms with Crippen LogP contribution < -0.4 is 10.1 Å². The Bertz CT molecular complexity index is 539. The van der Waals surface area contributed by atoms with E-state index >= 15 is 0 Å². The first-order chi connectivity index (χ1) is 10.7. The number of hydrogen-bond donors (Lipinski definition) is 2. The number of aliphatic hydroxyl groups is 1. The third kappa shape index (κ3) is 4.86. The van der Waals surface area contributed by atoms with E-state index in [9.17, 15) is 5.11 Å². The van der Waals surface area contributed by atoms with Crippen molar-refractivity contribution in [2.45, 2.75) is 31.8 Å². The fourth-order valence-corrected chi connectivity index (χ4v) is 2.68. The summed E-state index contributed by atoms with van der Waals surface area (Å²) in [5.41, 5.74) is 2.50. The van der Waals surface area contributed by atoms with Crippen LogP contribution in [0.15, 0.2) is 54.6 Å². The Hall–Kier alpha value is -1.84. The van der Waals surface area contributed by atoms with Gasteiger partial charge in [0.25, 0.3) is 0 Å². The molecule has 118 valence electrons. The zero-order valence-electron chi connectivity index (χ0n) is 13.3. The maximum atomic E-state index is 9.30. The second-order valence-corrected chi connectivity index (χ2v) is 5.60. The molecule has 0 aliphatic heterocycles. The summed E-state index contributed by atoms with van der Waals surface area (Å²) in [6, 6.07) is 19.0. The van der Waals surface area contributed by atoms with Crippen molar-refractivity contribution < 1.29 is 9.84 Å². The molecule has 0 heterocycles. The first-order valence-electron chi connectivity index (χ1n) is 7.77. The molecule has 0 radical (unpaired) electrons. The van der Waals surface area contributed by atoms with Crippen molar-refractivity contribution in [3.8, 4) is 5.75 Å². The minimum absolute atomic E-state index is 0.180. The Morgan fingerprint density at radius 2 is 1.73 bits per heavy atom. The molecule has 0 aliphatic rings. The van der Waals surface area contributed by atoms with Gasteiger partial charge in [0.15, 0.2) is 0 Å². The molecule has 3 nitrogen and oxygen atoms in total. The number of nitrogens with one attached hydrogen (secondary N) is 1. The van der Waals surface area contributed by atoms with Crippen LogP contribution in [0.5, 0.6) is 5.75 Å². The standard InChI is InChI=1S/C19H25NO2/c1-15(14-16-8-10-18(22-2)11-9-16)20-19(12-13-21)17-6-4-3-5-7-17/h3-11,15,19-21H,12-14H2,1-2H3/t15?,19-/m1/s1. The Morgan fingerprint density at radius 3 is 2.32 bits per heavy atom. The molecule has 0 saturated carbocycles. The van der Waals surface area contributed by atoms with Gasteiger partial charge in [-0.15, -0.1) is 0 Å². The fraction of sp³-hybridized carbons (Fsp3) is 0.368. The van der Waals surface area contributed by atoms with Gasteiger partial charge in [-0.25, -0.2) is 0 Å². The van der Waals surface area contributed by atoms with Crippen LogP contribution in [0.4, 0.5) is 0 Å². The van der Waals surface area contributed by atoms with Crippen LogP contribution in [0.2, 0.25) is 0 Å². The van der Waals surface area contributed by atoms with Crippen LogP contribution in [0.3, 0.4) is 0 Å². The Morgan fingerprint density at radius 1 is 1.05 bits per heavy atom. The van der Waals surface area contributed by atoms with E-state index < -0.39 is 0 Å².